The molecular formula is C50H93NO4. The minimum atomic E-state index is -0.960. The molecule has 0 aliphatic carbocycles. The van der Waals surface area contributed by atoms with Crippen molar-refractivity contribution in [3.05, 3.63) is 48.6 Å². The van der Waals surface area contributed by atoms with Gasteiger partial charge in [-0.05, 0) is 70.6 Å². The van der Waals surface area contributed by atoms with E-state index < -0.39 is 18.2 Å². The lowest BCUT2D eigenvalue weighted by atomic mass is 10.0. The number of aliphatic hydroxyl groups excluding tert-OH is 3. The fraction of sp³-hybridized carbons (Fsp3) is 0.820. The van der Waals surface area contributed by atoms with E-state index in [0.717, 1.165) is 38.5 Å². The van der Waals surface area contributed by atoms with Crippen LogP contribution in [0.15, 0.2) is 48.6 Å². The summed E-state index contributed by atoms with van der Waals surface area (Å²) in [6, 6.07) is -0.768. The molecule has 0 fully saturated rings. The van der Waals surface area contributed by atoms with E-state index in [-0.39, 0.29) is 18.9 Å². The van der Waals surface area contributed by atoms with Crippen molar-refractivity contribution >= 4 is 5.91 Å². The van der Waals surface area contributed by atoms with Crippen LogP contribution in [-0.4, -0.2) is 46.1 Å². The largest absolute Gasteiger partial charge is 0.394 e. The number of rotatable bonds is 43. The summed E-state index contributed by atoms with van der Waals surface area (Å²) in [5.74, 6) is -0.331. The van der Waals surface area contributed by atoms with Crippen molar-refractivity contribution < 1.29 is 20.1 Å². The van der Waals surface area contributed by atoms with Gasteiger partial charge in [0, 0.05) is 0 Å². The molecule has 0 spiro atoms. The Morgan fingerprint density at radius 3 is 1.16 bits per heavy atom. The standard InChI is InChI=1S/C50H93NO4/c1-3-5-7-9-11-13-15-17-19-20-21-22-23-24-25-26-27-28-30-31-33-35-37-39-41-43-47(53)45-50(55)51-48(46-52)49(54)44-42-40-38-36-34-32-29-18-16-14-12-10-8-6-4-2/h16,18,24-25,34,36,42,44,47-49,52-54H,3-15,17,19-23,26-33,35,37-41,43,45-46H2,1-2H3,(H,51,55)/b18-16+,25-24-,36-34+,44-42+. The molecule has 5 nitrogen and oxygen atoms in total. The van der Waals surface area contributed by atoms with Crippen molar-refractivity contribution in [2.75, 3.05) is 6.61 Å². The molecule has 0 saturated carbocycles. The van der Waals surface area contributed by atoms with E-state index in [9.17, 15) is 20.1 Å². The molecular weight excluding hydrogens is 679 g/mol. The Balaban J connectivity index is 3.65. The minimum Gasteiger partial charge on any atom is -0.394 e. The number of carbonyl (C=O) groups excluding carboxylic acids is 1. The topological polar surface area (TPSA) is 89.8 Å². The summed E-state index contributed by atoms with van der Waals surface area (Å²) >= 11 is 0. The van der Waals surface area contributed by atoms with E-state index in [2.05, 4.69) is 55.6 Å². The van der Waals surface area contributed by atoms with Crippen LogP contribution in [0.3, 0.4) is 0 Å². The fourth-order valence-electron chi connectivity index (χ4n) is 7.13. The van der Waals surface area contributed by atoms with Crippen LogP contribution in [0.5, 0.6) is 0 Å². The number of hydrogen-bond acceptors (Lipinski definition) is 4. The van der Waals surface area contributed by atoms with Gasteiger partial charge in [-0.1, -0.05) is 210 Å². The Hall–Kier alpha value is -1.69. The van der Waals surface area contributed by atoms with Crippen molar-refractivity contribution in [1.29, 1.82) is 0 Å². The van der Waals surface area contributed by atoms with E-state index in [1.807, 2.05) is 6.08 Å². The van der Waals surface area contributed by atoms with Gasteiger partial charge in [0.25, 0.3) is 0 Å². The van der Waals surface area contributed by atoms with Gasteiger partial charge < -0.3 is 20.6 Å². The van der Waals surface area contributed by atoms with Gasteiger partial charge in [0.05, 0.1) is 31.3 Å². The molecule has 0 aromatic rings. The maximum atomic E-state index is 12.4. The van der Waals surface area contributed by atoms with Gasteiger partial charge in [0.15, 0.2) is 0 Å². The molecule has 0 heterocycles. The second-order valence-electron chi connectivity index (χ2n) is 16.3. The third-order valence-electron chi connectivity index (χ3n) is 10.8. The second-order valence-corrected chi connectivity index (χ2v) is 16.3. The summed E-state index contributed by atoms with van der Waals surface area (Å²) < 4.78 is 0. The SMILES string of the molecule is CCCCCCC/C=C/CC/C=C/CC/C=C/C(O)C(CO)NC(=O)CC(O)CCCCCCCCCCC/C=C\CCCCCCCCCCCCCC. The Morgan fingerprint density at radius 2 is 0.782 bits per heavy atom. The second kappa shape index (κ2) is 45.0. The Labute approximate surface area is 342 Å². The van der Waals surface area contributed by atoms with Crippen LogP contribution >= 0.6 is 0 Å². The van der Waals surface area contributed by atoms with Gasteiger partial charge in [0.1, 0.15) is 0 Å². The predicted molar refractivity (Wildman–Crippen MR) is 241 cm³/mol. The lowest BCUT2D eigenvalue weighted by Gasteiger charge is -2.21. The number of allylic oxidation sites excluding steroid dienone is 7. The summed E-state index contributed by atoms with van der Waals surface area (Å²) in [6.07, 6.45) is 58.4. The quantitative estimate of drug-likeness (QED) is 0.0367. The van der Waals surface area contributed by atoms with Crippen LogP contribution in [0.1, 0.15) is 239 Å². The van der Waals surface area contributed by atoms with E-state index in [1.54, 1.807) is 6.08 Å². The molecule has 0 aliphatic heterocycles. The van der Waals surface area contributed by atoms with Crippen molar-refractivity contribution in [3.8, 4) is 0 Å². The maximum absolute atomic E-state index is 12.4. The first-order valence-corrected chi connectivity index (χ1v) is 23.9. The maximum Gasteiger partial charge on any atom is 0.222 e. The third kappa shape index (κ3) is 41.8. The van der Waals surface area contributed by atoms with Crippen molar-refractivity contribution in [2.45, 2.75) is 257 Å². The highest BCUT2D eigenvalue weighted by molar-refractivity contribution is 5.76. The zero-order valence-corrected chi connectivity index (χ0v) is 36.6. The lowest BCUT2D eigenvalue weighted by Crippen LogP contribution is -2.45. The molecule has 322 valence electrons. The summed E-state index contributed by atoms with van der Waals surface area (Å²) in [6.45, 7) is 4.19. The lowest BCUT2D eigenvalue weighted by molar-refractivity contribution is -0.124. The number of carbonyl (C=O) groups is 1. The highest BCUT2D eigenvalue weighted by Crippen LogP contribution is 2.15. The molecule has 1 amide bonds. The minimum absolute atomic E-state index is 0.000462. The highest BCUT2D eigenvalue weighted by atomic mass is 16.3. The molecule has 5 heteroatoms. The van der Waals surface area contributed by atoms with Gasteiger partial charge in [-0.3, -0.25) is 4.79 Å². The van der Waals surface area contributed by atoms with Gasteiger partial charge >= 0.3 is 0 Å². The summed E-state index contributed by atoms with van der Waals surface area (Å²) in [5, 5.41) is 33.2. The van der Waals surface area contributed by atoms with Crippen LogP contribution in [0, 0.1) is 0 Å². The van der Waals surface area contributed by atoms with E-state index >= 15 is 0 Å². The van der Waals surface area contributed by atoms with E-state index in [1.165, 1.54) is 173 Å². The predicted octanol–water partition coefficient (Wildman–Crippen LogP) is 14.1. The van der Waals surface area contributed by atoms with Crippen LogP contribution < -0.4 is 5.32 Å². The van der Waals surface area contributed by atoms with Crippen LogP contribution in [0.4, 0.5) is 0 Å². The van der Waals surface area contributed by atoms with Gasteiger partial charge in [-0.15, -0.1) is 0 Å². The van der Waals surface area contributed by atoms with Crippen LogP contribution in [-0.2, 0) is 4.79 Å². The molecule has 0 saturated heterocycles. The smallest absolute Gasteiger partial charge is 0.222 e. The Morgan fingerprint density at radius 1 is 0.455 bits per heavy atom. The van der Waals surface area contributed by atoms with Crippen LogP contribution in [0.25, 0.3) is 0 Å². The molecule has 3 unspecified atom stereocenters. The molecule has 0 aromatic heterocycles. The molecule has 0 aliphatic rings. The number of unbranched alkanes of at least 4 members (excludes halogenated alkanes) is 28. The summed E-state index contributed by atoms with van der Waals surface area (Å²) in [4.78, 5) is 12.4. The van der Waals surface area contributed by atoms with Crippen molar-refractivity contribution in [3.63, 3.8) is 0 Å². The van der Waals surface area contributed by atoms with Gasteiger partial charge in [0.2, 0.25) is 5.91 Å². The molecule has 55 heavy (non-hydrogen) atoms. The highest BCUT2D eigenvalue weighted by Gasteiger charge is 2.20. The normalized spacial score (nSPS) is 13.9. The average Bonchev–Trinajstić information content (AvgIpc) is 3.18. The number of hydrogen-bond donors (Lipinski definition) is 4. The van der Waals surface area contributed by atoms with Crippen LogP contribution in [0.2, 0.25) is 0 Å². The Bertz CT molecular complexity index is 896. The molecule has 0 radical (unpaired) electrons. The number of amides is 1. The van der Waals surface area contributed by atoms with E-state index in [0.29, 0.717) is 6.42 Å². The summed E-state index contributed by atoms with van der Waals surface area (Å²) in [7, 11) is 0. The molecule has 0 bridgehead atoms. The Kier molecular flexibility index (Phi) is 43.6. The first-order chi connectivity index (χ1) is 27.0. The monoisotopic (exact) mass is 772 g/mol. The number of nitrogens with one attached hydrogen (secondary N) is 1. The first-order valence-electron chi connectivity index (χ1n) is 23.9. The van der Waals surface area contributed by atoms with Crippen molar-refractivity contribution in [2.24, 2.45) is 0 Å². The third-order valence-corrected chi connectivity index (χ3v) is 10.8. The summed E-state index contributed by atoms with van der Waals surface area (Å²) in [5.41, 5.74) is 0. The first kappa shape index (κ1) is 53.3. The molecule has 0 aromatic carbocycles. The molecule has 4 N–H and O–H groups in total. The average molecular weight is 772 g/mol. The zero-order valence-electron chi connectivity index (χ0n) is 36.6. The molecule has 3 atom stereocenters. The zero-order chi connectivity index (χ0) is 40.1. The van der Waals surface area contributed by atoms with Crippen molar-refractivity contribution in [1.82, 2.24) is 5.32 Å². The van der Waals surface area contributed by atoms with Gasteiger partial charge in [-0.2, -0.15) is 0 Å². The number of aliphatic hydroxyl groups is 3. The fourth-order valence-corrected chi connectivity index (χ4v) is 7.13. The van der Waals surface area contributed by atoms with E-state index in [4.69, 9.17) is 0 Å². The molecule has 0 rings (SSSR count). The van der Waals surface area contributed by atoms with Gasteiger partial charge in [-0.25, -0.2) is 0 Å².